The lowest BCUT2D eigenvalue weighted by atomic mass is 9.70. The zero-order valence-corrected chi connectivity index (χ0v) is 13.8. The molecule has 24 heavy (non-hydrogen) atoms. The predicted molar refractivity (Wildman–Crippen MR) is 82.1 cm³/mol. The Morgan fingerprint density at radius 2 is 0.875 bits per heavy atom. The number of hydrogen-bond acceptors (Lipinski definition) is 4. The molecule has 130 valence electrons. The molecule has 2 saturated heterocycles. The van der Waals surface area contributed by atoms with E-state index in [2.05, 4.69) is 0 Å². The Hall–Kier alpha value is -0.160. The largest absolute Gasteiger partial charge is 0.368 e. The molecule has 6 aliphatic carbocycles. The molecule has 4 nitrogen and oxygen atoms in total. The summed E-state index contributed by atoms with van der Waals surface area (Å²) in [6.07, 6.45) is 4.29. The summed E-state index contributed by atoms with van der Waals surface area (Å²) in [4.78, 5) is 0. The lowest BCUT2D eigenvalue weighted by molar-refractivity contribution is -0.238. The molecule has 8 rings (SSSR count). The third kappa shape index (κ3) is 1.08. The molecule has 2 heterocycles. The molecule has 8 aliphatic rings. The van der Waals surface area contributed by atoms with Crippen molar-refractivity contribution in [1.29, 1.82) is 0 Å². The minimum atomic E-state index is -0.521. The van der Waals surface area contributed by atoms with Crippen LogP contribution in [0.3, 0.4) is 0 Å². The van der Waals surface area contributed by atoms with Crippen LogP contribution >= 0.6 is 0 Å². The van der Waals surface area contributed by atoms with Crippen molar-refractivity contribution in [2.45, 2.75) is 50.5 Å². The van der Waals surface area contributed by atoms with Crippen LogP contribution in [0.25, 0.3) is 0 Å². The Bertz CT molecular complexity index is 583. The van der Waals surface area contributed by atoms with Crippen LogP contribution < -0.4 is 0 Å². The van der Waals surface area contributed by atoms with Gasteiger partial charge in [0.15, 0.2) is 12.6 Å². The van der Waals surface area contributed by atoms with Crippen molar-refractivity contribution in [3.63, 3.8) is 0 Å². The number of hydrogen-bond donors (Lipinski definition) is 2. The first kappa shape index (κ1) is 13.1. The standard InChI is InChI=1S/C20H26O4/c21-19-17-11-5-1-3-7-9(5)13-15(11)16-12(18(13)20(22)23-7)6-2-4-8(24-19)10(6)14(16)17/h5-22H,1-4H2/t5-,6-,7-,8+,9+,10+,11-,12+,13-,14+,15-,16-,17+,18+,19+,20+/m1/s1. The van der Waals surface area contributed by atoms with Gasteiger partial charge in [-0.2, -0.15) is 0 Å². The molecule has 2 N–H and O–H groups in total. The Labute approximate surface area is 141 Å². The van der Waals surface area contributed by atoms with Crippen LogP contribution in [0.2, 0.25) is 0 Å². The third-order valence-electron chi connectivity index (χ3n) is 10.6. The fourth-order valence-corrected chi connectivity index (χ4v) is 10.9. The summed E-state index contributed by atoms with van der Waals surface area (Å²) < 4.78 is 12.4. The van der Waals surface area contributed by atoms with E-state index in [4.69, 9.17) is 9.47 Å². The molecule has 0 amide bonds. The lowest BCUT2D eigenvalue weighted by Crippen LogP contribution is -2.48. The van der Waals surface area contributed by atoms with Crippen LogP contribution in [0, 0.1) is 71.0 Å². The van der Waals surface area contributed by atoms with Crippen molar-refractivity contribution in [2.75, 3.05) is 0 Å². The van der Waals surface area contributed by atoms with Crippen LogP contribution in [-0.2, 0) is 9.47 Å². The van der Waals surface area contributed by atoms with Gasteiger partial charge in [0.05, 0.1) is 12.2 Å². The van der Waals surface area contributed by atoms with Gasteiger partial charge in [-0.15, -0.1) is 0 Å². The maximum Gasteiger partial charge on any atom is 0.158 e. The van der Waals surface area contributed by atoms with Crippen LogP contribution in [0.5, 0.6) is 0 Å². The van der Waals surface area contributed by atoms with Crippen molar-refractivity contribution in [3.8, 4) is 0 Å². The smallest absolute Gasteiger partial charge is 0.158 e. The molecule has 6 saturated carbocycles. The van der Waals surface area contributed by atoms with E-state index in [9.17, 15) is 10.2 Å². The summed E-state index contributed by atoms with van der Waals surface area (Å²) in [5, 5.41) is 21.9. The molecule has 0 unspecified atom stereocenters. The van der Waals surface area contributed by atoms with Gasteiger partial charge in [-0.1, -0.05) is 0 Å². The fraction of sp³-hybridized carbons (Fsp3) is 1.00. The van der Waals surface area contributed by atoms with Crippen molar-refractivity contribution in [3.05, 3.63) is 0 Å². The second-order valence-corrected chi connectivity index (χ2v) is 10.4. The number of ether oxygens (including phenoxy) is 2. The average Bonchev–Trinajstić information content (AvgIpc) is 3.29. The predicted octanol–water partition coefficient (Wildman–Crippen LogP) is 1.46. The van der Waals surface area contributed by atoms with Crippen molar-refractivity contribution in [2.24, 2.45) is 71.0 Å². The molecule has 4 heteroatoms. The second-order valence-electron chi connectivity index (χ2n) is 10.4. The zero-order valence-electron chi connectivity index (χ0n) is 13.8. The average molecular weight is 330 g/mol. The summed E-state index contributed by atoms with van der Waals surface area (Å²) in [6, 6.07) is 0. The number of aliphatic hydroxyl groups is 2. The zero-order chi connectivity index (χ0) is 15.5. The minimum absolute atomic E-state index is 0.294. The van der Waals surface area contributed by atoms with Crippen LogP contribution in [0.15, 0.2) is 0 Å². The molecule has 2 aliphatic heterocycles. The second kappa shape index (κ2) is 3.76. The van der Waals surface area contributed by atoms with E-state index >= 15 is 0 Å². The van der Waals surface area contributed by atoms with E-state index < -0.39 is 12.6 Å². The first-order valence-electron chi connectivity index (χ1n) is 10.4. The quantitative estimate of drug-likeness (QED) is 0.706. The fourth-order valence-electron chi connectivity index (χ4n) is 10.9. The number of rotatable bonds is 0. The van der Waals surface area contributed by atoms with Gasteiger partial charge in [0.25, 0.3) is 0 Å². The van der Waals surface area contributed by atoms with Gasteiger partial charge in [0.2, 0.25) is 0 Å². The molecule has 0 aromatic rings. The van der Waals surface area contributed by atoms with E-state index in [1.54, 1.807) is 0 Å². The van der Waals surface area contributed by atoms with Crippen LogP contribution in [0.4, 0.5) is 0 Å². The van der Waals surface area contributed by atoms with E-state index in [0.29, 0.717) is 59.6 Å². The van der Waals surface area contributed by atoms with E-state index in [0.717, 1.165) is 36.5 Å². The maximum absolute atomic E-state index is 10.9. The molecule has 0 spiro atoms. The normalized spacial score (nSPS) is 78.2. The molecular formula is C20H26O4. The molecule has 0 radical (unpaired) electrons. The third-order valence-corrected chi connectivity index (χ3v) is 10.6. The number of fused-ring (bicyclic) bond motifs is 4. The van der Waals surface area contributed by atoms with Crippen molar-refractivity contribution < 1.29 is 19.7 Å². The van der Waals surface area contributed by atoms with Gasteiger partial charge in [0, 0.05) is 11.8 Å². The topological polar surface area (TPSA) is 58.9 Å². The van der Waals surface area contributed by atoms with Gasteiger partial charge >= 0.3 is 0 Å². The highest BCUT2D eigenvalue weighted by Gasteiger charge is 2.81. The Kier molecular flexibility index (Phi) is 2.05. The Morgan fingerprint density at radius 1 is 0.458 bits per heavy atom. The molecule has 0 bridgehead atoms. The highest BCUT2D eigenvalue weighted by molar-refractivity contribution is 5.27. The SMILES string of the molecule is O[C@H]1O[C@@H]2CC[C@H]3[C@@H]4[C@H]5[C@@H]6[C@H]([C@@H]7CC[C@@H]8O[C@H](O)[C@@H]4[C@H]6[C@@H]78)[C@H]1[C@@H]5[C@@H]32. The summed E-state index contributed by atoms with van der Waals surface area (Å²) in [5.74, 6) is 7.76. The minimum Gasteiger partial charge on any atom is -0.368 e. The summed E-state index contributed by atoms with van der Waals surface area (Å²) in [5.41, 5.74) is 0. The van der Waals surface area contributed by atoms with Gasteiger partial charge in [-0.05, 0) is 84.9 Å². The van der Waals surface area contributed by atoms with Crippen LogP contribution in [-0.4, -0.2) is 35.0 Å². The van der Waals surface area contributed by atoms with Crippen molar-refractivity contribution >= 4 is 0 Å². The van der Waals surface area contributed by atoms with E-state index in [-0.39, 0.29) is 0 Å². The molecule has 0 aromatic carbocycles. The monoisotopic (exact) mass is 330 g/mol. The Balaban J connectivity index is 1.38. The molecular weight excluding hydrogens is 304 g/mol. The summed E-state index contributed by atoms with van der Waals surface area (Å²) in [7, 11) is 0. The molecule has 0 aromatic heterocycles. The Morgan fingerprint density at radius 3 is 1.33 bits per heavy atom. The maximum atomic E-state index is 10.9. The number of aliphatic hydroxyl groups excluding tert-OH is 2. The van der Waals surface area contributed by atoms with Gasteiger partial charge in [-0.25, -0.2) is 0 Å². The van der Waals surface area contributed by atoms with E-state index in [1.807, 2.05) is 0 Å². The first-order chi connectivity index (χ1) is 11.8. The highest BCUT2D eigenvalue weighted by Crippen LogP contribution is 2.82. The highest BCUT2D eigenvalue weighted by atomic mass is 16.6. The van der Waals surface area contributed by atoms with Gasteiger partial charge in [-0.3, -0.25) is 0 Å². The summed E-state index contributed by atoms with van der Waals surface area (Å²) in [6.45, 7) is 0. The summed E-state index contributed by atoms with van der Waals surface area (Å²) >= 11 is 0. The van der Waals surface area contributed by atoms with E-state index in [1.165, 1.54) is 12.8 Å². The van der Waals surface area contributed by atoms with Crippen LogP contribution in [0.1, 0.15) is 25.7 Å². The molecule has 8 fully saturated rings. The first-order valence-corrected chi connectivity index (χ1v) is 10.4. The lowest BCUT2D eigenvalue weighted by Gasteiger charge is -2.44. The van der Waals surface area contributed by atoms with Gasteiger partial charge < -0.3 is 19.7 Å². The molecule has 16 atom stereocenters. The van der Waals surface area contributed by atoms with Crippen molar-refractivity contribution in [1.82, 2.24) is 0 Å². The van der Waals surface area contributed by atoms with Gasteiger partial charge in [0.1, 0.15) is 0 Å².